The number of rotatable bonds is 7. The van der Waals surface area contributed by atoms with Gasteiger partial charge < -0.3 is 15.3 Å². The van der Waals surface area contributed by atoms with Crippen molar-refractivity contribution in [3.8, 4) is 0 Å². The third-order valence-electron chi connectivity index (χ3n) is 4.11. The number of aliphatic carboxylic acids is 1. The number of carbonyl (C=O) groups is 3. The van der Waals surface area contributed by atoms with Crippen LogP contribution >= 0.6 is 0 Å². The zero-order valence-corrected chi connectivity index (χ0v) is 16.2. The lowest BCUT2D eigenvalue weighted by Gasteiger charge is -2.49. The van der Waals surface area contributed by atoms with Crippen LogP contribution in [0, 0.1) is 5.92 Å². The van der Waals surface area contributed by atoms with E-state index < -0.39 is 62.2 Å². The maximum absolute atomic E-state index is 12.5. The summed E-state index contributed by atoms with van der Waals surface area (Å²) >= 11 is 0. The maximum atomic E-state index is 12.5. The number of amides is 2. The molecule has 0 saturated carbocycles. The molecule has 3 atom stereocenters. The van der Waals surface area contributed by atoms with E-state index in [0.29, 0.717) is 0 Å². The Balaban J connectivity index is 2.30. The van der Waals surface area contributed by atoms with Gasteiger partial charge in [0.05, 0.1) is 33.3 Å². The molecular formula is C14H18N2O9S2. The first-order valence-electron chi connectivity index (χ1n) is 7.58. The lowest BCUT2D eigenvalue weighted by Crippen LogP contribution is -2.66. The predicted octanol–water partition coefficient (Wildman–Crippen LogP) is -0.533. The Morgan fingerprint density at radius 3 is 2.48 bits per heavy atom. The van der Waals surface area contributed by atoms with E-state index in [1.54, 1.807) is 0 Å². The SMILES string of the molecule is CC(=O)N/C=C/[S@@](=O)C1=C(C(=O)O)N2C(=O)C(C(C)(C)OS(=O)(=O)O)C2C1. The Kier molecular flexibility index (Phi) is 5.61. The molecule has 0 radical (unpaired) electrons. The van der Waals surface area contributed by atoms with E-state index in [9.17, 15) is 32.1 Å². The molecule has 0 aliphatic carbocycles. The average molecular weight is 422 g/mol. The zero-order valence-electron chi connectivity index (χ0n) is 14.5. The van der Waals surface area contributed by atoms with Crippen molar-refractivity contribution in [2.45, 2.75) is 38.8 Å². The van der Waals surface area contributed by atoms with Gasteiger partial charge in [-0.2, -0.15) is 8.42 Å². The number of hydrogen-bond acceptors (Lipinski definition) is 7. The van der Waals surface area contributed by atoms with Crippen molar-refractivity contribution in [2.24, 2.45) is 5.92 Å². The van der Waals surface area contributed by atoms with Crippen LogP contribution in [0.3, 0.4) is 0 Å². The molecule has 27 heavy (non-hydrogen) atoms. The summed E-state index contributed by atoms with van der Waals surface area (Å²) in [4.78, 5) is 35.8. The van der Waals surface area contributed by atoms with Gasteiger partial charge in [-0.1, -0.05) is 0 Å². The summed E-state index contributed by atoms with van der Waals surface area (Å²) in [7, 11) is -6.79. The number of fused-ring (bicyclic) bond motifs is 1. The summed E-state index contributed by atoms with van der Waals surface area (Å²) < 4.78 is 47.9. The highest BCUT2D eigenvalue weighted by Crippen LogP contribution is 2.48. The Bertz CT molecular complexity index is 888. The van der Waals surface area contributed by atoms with Crippen molar-refractivity contribution in [3.05, 3.63) is 22.2 Å². The van der Waals surface area contributed by atoms with E-state index >= 15 is 0 Å². The van der Waals surface area contributed by atoms with Crippen LogP contribution in [-0.4, -0.2) is 56.6 Å². The van der Waals surface area contributed by atoms with Crippen LogP contribution in [0.15, 0.2) is 22.2 Å². The number of hydrogen-bond donors (Lipinski definition) is 3. The molecule has 0 bridgehead atoms. The minimum atomic E-state index is -4.85. The van der Waals surface area contributed by atoms with E-state index in [0.717, 1.165) is 16.5 Å². The third-order valence-corrected chi connectivity index (χ3v) is 5.98. The Hall–Kier alpha value is -2.09. The highest BCUT2D eigenvalue weighted by molar-refractivity contribution is 7.91. The summed E-state index contributed by atoms with van der Waals surface area (Å²) in [6, 6.07) is -0.784. The van der Waals surface area contributed by atoms with Crippen LogP contribution in [0.4, 0.5) is 0 Å². The highest BCUT2D eigenvalue weighted by atomic mass is 32.3. The quantitative estimate of drug-likeness (QED) is 0.361. The molecule has 2 heterocycles. The van der Waals surface area contributed by atoms with Crippen molar-refractivity contribution in [2.75, 3.05) is 0 Å². The van der Waals surface area contributed by atoms with Crippen molar-refractivity contribution in [1.29, 1.82) is 0 Å². The molecule has 0 aromatic heterocycles. The van der Waals surface area contributed by atoms with E-state index in [4.69, 9.17) is 4.55 Å². The van der Waals surface area contributed by atoms with E-state index in [-0.39, 0.29) is 11.3 Å². The first kappa shape index (κ1) is 21.2. The van der Waals surface area contributed by atoms with Gasteiger partial charge in [-0.25, -0.2) is 13.2 Å². The lowest BCUT2D eigenvalue weighted by atomic mass is 9.76. The topological polar surface area (TPSA) is 167 Å². The second-order valence-corrected chi connectivity index (χ2v) is 8.83. The normalized spacial score (nSPS) is 24.0. The van der Waals surface area contributed by atoms with Gasteiger partial charge in [0, 0.05) is 25.0 Å². The molecule has 2 rings (SSSR count). The number of carboxylic acids is 1. The van der Waals surface area contributed by atoms with Crippen LogP contribution in [0.1, 0.15) is 27.2 Å². The molecule has 2 aliphatic rings. The molecule has 3 N–H and O–H groups in total. The van der Waals surface area contributed by atoms with Crippen molar-refractivity contribution in [1.82, 2.24) is 10.2 Å². The molecule has 2 amide bonds. The maximum Gasteiger partial charge on any atom is 0.397 e. The molecule has 1 fully saturated rings. The molecule has 11 nitrogen and oxygen atoms in total. The molecule has 2 aliphatic heterocycles. The Morgan fingerprint density at radius 2 is 2.00 bits per heavy atom. The van der Waals surface area contributed by atoms with Gasteiger partial charge in [-0.15, -0.1) is 0 Å². The smallest absolute Gasteiger partial charge is 0.397 e. The average Bonchev–Trinajstić information content (AvgIpc) is 2.78. The highest BCUT2D eigenvalue weighted by Gasteiger charge is 2.62. The van der Waals surface area contributed by atoms with E-state index in [1.807, 2.05) is 0 Å². The molecule has 0 aromatic carbocycles. The standard InChI is InChI=1S/C14H18N2O9S2/c1-7(17)15-4-5-26(21)9-6-8-10(14(2,3)25-27(22,23)24)12(18)16(8)11(9)13(19)20/h4-5,8,10H,6H2,1-3H3,(H,15,17)(H,19,20)(H,22,23,24)/b5-4+/t8?,10?,26-/m1/s1. The van der Waals surface area contributed by atoms with Crippen molar-refractivity contribution >= 4 is 39.0 Å². The van der Waals surface area contributed by atoms with Gasteiger partial charge in [-0.3, -0.25) is 14.1 Å². The van der Waals surface area contributed by atoms with Crippen LogP contribution in [0.5, 0.6) is 0 Å². The fraction of sp³-hybridized carbons (Fsp3) is 0.500. The predicted molar refractivity (Wildman–Crippen MR) is 91.2 cm³/mol. The molecule has 0 aromatic rings. The number of nitrogens with zero attached hydrogens (tertiary/aromatic N) is 1. The molecular weight excluding hydrogens is 404 g/mol. The second kappa shape index (κ2) is 7.14. The summed E-state index contributed by atoms with van der Waals surface area (Å²) in [5, 5.41) is 12.8. The lowest BCUT2D eigenvalue weighted by molar-refractivity contribution is -0.166. The van der Waals surface area contributed by atoms with Crippen LogP contribution < -0.4 is 5.32 Å². The van der Waals surface area contributed by atoms with Gasteiger partial charge >= 0.3 is 16.4 Å². The minimum Gasteiger partial charge on any atom is -0.477 e. The van der Waals surface area contributed by atoms with Crippen LogP contribution in [-0.2, 0) is 39.8 Å². The summed E-state index contributed by atoms with van der Waals surface area (Å²) in [5.41, 5.74) is -2.09. The molecule has 150 valence electrons. The number of β-lactam (4-membered cyclic amide) rings is 1. The molecule has 2 unspecified atom stereocenters. The Morgan fingerprint density at radius 1 is 1.41 bits per heavy atom. The van der Waals surface area contributed by atoms with Crippen LogP contribution in [0.2, 0.25) is 0 Å². The van der Waals surface area contributed by atoms with E-state index in [1.165, 1.54) is 20.8 Å². The second-order valence-electron chi connectivity index (χ2n) is 6.45. The first-order chi connectivity index (χ1) is 12.3. The van der Waals surface area contributed by atoms with Crippen molar-refractivity contribution < 1.29 is 40.9 Å². The number of carboxylic acid groups (broad SMARTS) is 1. The molecule has 1 saturated heterocycles. The summed E-state index contributed by atoms with van der Waals surface area (Å²) in [6.07, 6.45) is 1.01. The number of carbonyl (C=O) groups excluding carboxylic acids is 2. The van der Waals surface area contributed by atoms with Gasteiger partial charge in [0.15, 0.2) is 0 Å². The van der Waals surface area contributed by atoms with Crippen LogP contribution in [0.25, 0.3) is 0 Å². The largest absolute Gasteiger partial charge is 0.477 e. The van der Waals surface area contributed by atoms with Gasteiger partial charge in [-0.05, 0) is 13.8 Å². The fourth-order valence-electron chi connectivity index (χ4n) is 3.23. The van der Waals surface area contributed by atoms with Gasteiger partial charge in [0.25, 0.3) is 0 Å². The minimum absolute atomic E-state index is 0.0485. The first-order valence-corrected chi connectivity index (χ1v) is 10.2. The van der Waals surface area contributed by atoms with Crippen molar-refractivity contribution in [3.63, 3.8) is 0 Å². The molecule has 0 spiro atoms. The van der Waals surface area contributed by atoms with Gasteiger partial charge in [0.2, 0.25) is 11.8 Å². The van der Waals surface area contributed by atoms with E-state index in [2.05, 4.69) is 9.50 Å². The number of nitrogens with one attached hydrogen (secondary N) is 1. The Labute approximate surface area is 157 Å². The molecule has 13 heteroatoms. The monoisotopic (exact) mass is 422 g/mol. The summed E-state index contributed by atoms with van der Waals surface area (Å²) in [6.45, 7) is 3.77. The fourth-order valence-corrected chi connectivity index (χ4v) is 4.94. The van der Waals surface area contributed by atoms with Gasteiger partial charge in [0.1, 0.15) is 5.70 Å². The third kappa shape index (κ3) is 4.26. The zero-order chi connectivity index (χ0) is 20.7. The summed E-state index contributed by atoms with van der Waals surface area (Å²) in [5.74, 6) is -3.66.